The van der Waals surface area contributed by atoms with Crippen LogP contribution in [-0.2, 0) is 4.74 Å². The molecule has 80 valence electrons. The summed E-state index contributed by atoms with van der Waals surface area (Å²) < 4.78 is 6.86. The molecule has 1 aromatic rings. The minimum atomic E-state index is -0.446. The van der Waals surface area contributed by atoms with E-state index in [1.54, 1.807) is 20.2 Å². The van der Waals surface area contributed by atoms with Gasteiger partial charge in [-0.05, 0) is 20.3 Å². The first kappa shape index (κ1) is 11.2. The first-order valence-electron chi connectivity index (χ1n) is 4.86. The van der Waals surface area contributed by atoms with Gasteiger partial charge >= 0.3 is 0 Å². The van der Waals surface area contributed by atoms with Crippen molar-refractivity contribution in [3.63, 3.8) is 0 Å². The molecule has 2 unspecified atom stereocenters. The first-order chi connectivity index (χ1) is 6.65. The summed E-state index contributed by atoms with van der Waals surface area (Å²) >= 11 is 0. The van der Waals surface area contributed by atoms with Crippen molar-refractivity contribution in [3.05, 3.63) is 18.0 Å². The third kappa shape index (κ3) is 2.82. The number of ether oxygens (including phenoxy) is 1. The molecule has 0 bridgehead atoms. The van der Waals surface area contributed by atoms with Crippen LogP contribution in [0.3, 0.4) is 0 Å². The van der Waals surface area contributed by atoms with E-state index >= 15 is 0 Å². The van der Waals surface area contributed by atoms with Gasteiger partial charge in [-0.25, -0.2) is 0 Å². The van der Waals surface area contributed by atoms with E-state index in [9.17, 15) is 5.11 Å². The molecule has 0 fully saturated rings. The third-order valence-electron chi connectivity index (χ3n) is 2.30. The van der Waals surface area contributed by atoms with E-state index in [0.29, 0.717) is 6.04 Å². The van der Waals surface area contributed by atoms with Crippen LogP contribution in [-0.4, -0.2) is 28.6 Å². The molecule has 4 nitrogen and oxygen atoms in total. The molecule has 0 saturated carbocycles. The molecule has 0 spiro atoms. The van der Waals surface area contributed by atoms with Crippen LogP contribution in [0.5, 0.6) is 0 Å². The molecule has 0 saturated heterocycles. The predicted octanol–water partition coefficient (Wildman–Crippen LogP) is 1.53. The van der Waals surface area contributed by atoms with Gasteiger partial charge in [0.15, 0.2) is 0 Å². The molecule has 1 heterocycles. The SMILES string of the molecule is COCCC(C)n1cc(C(C)O)cn1. The summed E-state index contributed by atoms with van der Waals surface area (Å²) in [7, 11) is 1.69. The number of hydrogen-bond donors (Lipinski definition) is 1. The molecule has 0 aromatic carbocycles. The summed E-state index contributed by atoms with van der Waals surface area (Å²) in [6.07, 6.45) is 4.06. The van der Waals surface area contributed by atoms with E-state index < -0.39 is 6.10 Å². The number of rotatable bonds is 5. The lowest BCUT2D eigenvalue weighted by Gasteiger charge is -2.10. The fraction of sp³-hybridized carbons (Fsp3) is 0.700. The highest BCUT2D eigenvalue weighted by molar-refractivity contribution is 5.06. The Morgan fingerprint density at radius 1 is 1.57 bits per heavy atom. The van der Waals surface area contributed by atoms with Crippen molar-refractivity contribution in [1.82, 2.24) is 9.78 Å². The molecule has 1 N–H and O–H groups in total. The number of methoxy groups -OCH3 is 1. The van der Waals surface area contributed by atoms with Crippen LogP contribution in [0.25, 0.3) is 0 Å². The third-order valence-corrected chi connectivity index (χ3v) is 2.30. The van der Waals surface area contributed by atoms with Crippen molar-refractivity contribution in [2.45, 2.75) is 32.4 Å². The van der Waals surface area contributed by atoms with E-state index in [-0.39, 0.29) is 0 Å². The van der Waals surface area contributed by atoms with E-state index in [1.807, 2.05) is 10.9 Å². The van der Waals surface area contributed by atoms with Crippen molar-refractivity contribution in [2.75, 3.05) is 13.7 Å². The molecule has 0 radical (unpaired) electrons. The molecule has 0 aliphatic rings. The lowest BCUT2D eigenvalue weighted by Crippen LogP contribution is -2.08. The summed E-state index contributed by atoms with van der Waals surface area (Å²) in [5.41, 5.74) is 0.856. The predicted molar refractivity (Wildman–Crippen MR) is 54.1 cm³/mol. The minimum Gasteiger partial charge on any atom is -0.389 e. The minimum absolute atomic E-state index is 0.308. The van der Waals surface area contributed by atoms with Crippen LogP contribution in [0.2, 0.25) is 0 Å². The summed E-state index contributed by atoms with van der Waals surface area (Å²) in [6, 6.07) is 0.308. The molecule has 4 heteroatoms. The van der Waals surface area contributed by atoms with Gasteiger partial charge in [0.1, 0.15) is 0 Å². The molecule has 2 atom stereocenters. The zero-order valence-electron chi connectivity index (χ0n) is 8.97. The van der Waals surface area contributed by atoms with E-state index in [4.69, 9.17) is 4.74 Å². The van der Waals surface area contributed by atoms with Gasteiger partial charge in [0, 0.05) is 25.5 Å². The van der Waals surface area contributed by atoms with Crippen LogP contribution < -0.4 is 0 Å². The Labute approximate surface area is 84.5 Å². The van der Waals surface area contributed by atoms with Gasteiger partial charge in [0.25, 0.3) is 0 Å². The maximum absolute atomic E-state index is 9.32. The maximum atomic E-state index is 9.32. The van der Waals surface area contributed by atoms with Gasteiger partial charge in [-0.1, -0.05) is 0 Å². The Bertz CT molecular complexity index is 271. The summed E-state index contributed by atoms with van der Waals surface area (Å²) in [5.74, 6) is 0. The summed E-state index contributed by atoms with van der Waals surface area (Å²) in [4.78, 5) is 0. The fourth-order valence-electron chi connectivity index (χ4n) is 1.23. The Kier molecular flexibility index (Phi) is 4.10. The van der Waals surface area contributed by atoms with Crippen molar-refractivity contribution in [2.24, 2.45) is 0 Å². The Hall–Kier alpha value is -0.870. The van der Waals surface area contributed by atoms with Gasteiger partial charge in [-0.2, -0.15) is 5.10 Å². The highest BCUT2D eigenvalue weighted by Gasteiger charge is 2.08. The zero-order valence-corrected chi connectivity index (χ0v) is 8.97. The van der Waals surface area contributed by atoms with Crippen LogP contribution in [0.1, 0.15) is 38.0 Å². The number of aliphatic hydroxyl groups excluding tert-OH is 1. The molecule has 1 aromatic heterocycles. The normalized spacial score (nSPS) is 15.4. The van der Waals surface area contributed by atoms with E-state index in [2.05, 4.69) is 12.0 Å². The van der Waals surface area contributed by atoms with Gasteiger partial charge < -0.3 is 9.84 Å². The maximum Gasteiger partial charge on any atom is 0.0792 e. The molecule has 14 heavy (non-hydrogen) atoms. The quantitative estimate of drug-likeness (QED) is 0.780. The topological polar surface area (TPSA) is 47.3 Å². The molecular formula is C10H18N2O2. The van der Waals surface area contributed by atoms with Gasteiger partial charge in [-0.3, -0.25) is 4.68 Å². The second-order valence-electron chi connectivity index (χ2n) is 3.56. The summed E-state index contributed by atoms with van der Waals surface area (Å²) in [6.45, 7) is 4.55. The molecule has 0 aliphatic carbocycles. The second kappa shape index (κ2) is 5.12. The molecule has 1 rings (SSSR count). The van der Waals surface area contributed by atoms with Crippen molar-refractivity contribution < 1.29 is 9.84 Å². The van der Waals surface area contributed by atoms with E-state index in [0.717, 1.165) is 18.6 Å². The Balaban J connectivity index is 2.57. The van der Waals surface area contributed by atoms with Gasteiger partial charge in [0.2, 0.25) is 0 Å². The van der Waals surface area contributed by atoms with Crippen LogP contribution >= 0.6 is 0 Å². The standard InChI is InChI=1S/C10H18N2O2/c1-8(4-5-14-3)12-7-10(6-11-12)9(2)13/h6-9,13H,4-5H2,1-3H3. The second-order valence-corrected chi connectivity index (χ2v) is 3.56. The molecule has 0 aliphatic heterocycles. The number of aliphatic hydroxyl groups is 1. The van der Waals surface area contributed by atoms with Crippen molar-refractivity contribution >= 4 is 0 Å². The monoisotopic (exact) mass is 198 g/mol. The number of nitrogens with zero attached hydrogens (tertiary/aromatic N) is 2. The Morgan fingerprint density at radius 2 is 2.29 bits per heavy atom. The van der Waals surface area contributed by atoms with Crippen molar-refractivity contribution in [1.29, 1.82) is 0 Å². The zero-order chi connectivity index (χ0) is 10.6. The lowest BCUT2D eigenvalue weighted by atomic mass is 10.2. The average Bonchev–Trinajstić information content (AvgIpc) is 2.62. The number of hydrogen-bond acceptors (Lipinski definition) is 3. The largest absolute Gasteiger partial charge is 0.389 e. The van der Waals surface area contributed by atoms with Gasteiger partial charge in [0.05, 0.1) is 18.3 Å². The first-order valence-corrected chi connectivity index (χ1v) is 4.86. The van der Waals surface area contributed by atoms with Crippen LogP contribution in [0.15, 0.2) is 12.4 Å². The number of aromatic nitrogens is 2. The van der Waals surface area contributed by atoms with E-state index in [1.165, 1.54) is 0 Å². The van der Waals surface area contributed by atoms with Crippen LogP contribution in [0.4, 0.5) is 0 Å². The van der Waals surface area contributed by atoms with Crippen molar-refractivity contribution in [3.8, 4) is 0 Å². The average molecular weight is 198 g/mol. The molecular weight excluding hydrogens is 180 g/mol. The van der Waals surface area contributed by atoms with Gasteiger partial charge in [-0.15, -0.1) is 0 Å². The smallest absolute Gasteiger partial charge is 0.0792 e. The summed E-state index contributed by atoms with van der Waals surface area (Å²) in [5, 5.41) is 13.5. The fourth-order valence-corrected chi connectivity index (χ4v) is 1.23. The highest BCUT2D eigenvalue weighted by atomic mass is 16.5. The van der Waals surface area contributed by atoms with Crippen LogP contribution in [0, 0.1) is 0 Å². The molecule has 0 amide bonds. The Morgan fingerprint density at radius 3 is 2.79 bits per heavy atom. The highest BCUT2D eigenvalue weighted by Crippen LogP contribution is 2.15. The lowest BCUT2D eigenvalue weighted by molar-refractivity contribution is 0.178.